The summed E-state index contributed by atoms with van der Waals surface area (Å²) in [5.41, 5.74) is 22.6. The van der Waals surface area contributed by atoms with E-state index in [2.05, 4.69) is 156 Å². The number of aromatic hydroxyl groups is 8. The number of phenols is 8. The maximum absolute atomic E-state index is 10.7. The summed E-state index contributed by atoms with van der Waals surface area (Å²) in [6.07, 6.45) is 31.3. The van der Waals surface area contributed by atoms with Crippen molar-refractivity contribution in [3.63, 3.8) is 0 Å². The molecule has 0 saturated carbocycles. The van der Waals surface area contributed by atoms with Gasteiger partial charge in [-0.2, -0.15) is 0 Å². The second-order valence-electron chi connectivity index (χ2n) is 36.0. The van der Waals surface area contributed by atoms with Gasteiger partial charge < -0.3 is 80.3 Å². The maximum atomic E-state index is 10.7. The van der Waals surface area contributed by atoms with E-state index in [0.29, 0.717) is 53.0 Å². The van der Waals surface area contributed by atoms with E-state index in [0.717, 1.165) is 236 Å². The second-order valence-corrected chi connectivity index (χ2v) is 36.2. The molecule has 0 fully saturated rings. The number of benzene rings is 8. The van der Waals surface area contributed by atoms with Gasteiger partial charge in [0.15, 0.2) is 0 Å². The standard InChI is InChI=1S/2C21H30O2.3C21H26O2.2C2H4O2.CHBS.2CH3B.2CHO2/c2*1-5-6-7-8-15-12-18(22)20-16-11-14(2)9-10-17(16)21(3,4)23-19(20)13-15;3*1-5-6-7-8-16-12-19(22)21(20(23)13-16)18-11-15(4)9-10-17(18)14(2)3;2*1-2(3)4;2-1-3;2*1-2;2*2-1-3/h2*11-13,16-17,22H,5-10H2,1-4H3;3*9-13,22-23H,2,5-8H2,1,3-4H3;2*1H3,(H,3,4);1H;2*1H3;2*(H,2,3)/q;;;;;;;;;;2*-1/t2*16-,17-;;;;;;;;;;/m11........../s1/i;;;;;;;3*1D;;. The lowest BCUT2D eigenvalue weighted by Gasteiger charge is -2.46. The van der Waals surface area contributed by atoms with E-state index in [-0.39, 0.29) is 76.4 Å². The molecule has 0 aromatic heterocycles. The van der Waals surface area contributed by atoms with Gasteiger partial charge in [-0.05, 0) is 295 Å². The monoisotopic (exact) mass is 1880 g/mol. The highest BCUT2D eigenvalue weighted by molar-refractivity contribution is 7.81. The largest absolute Gasteiger partial charge is 0.665 e. The van der Waals surface area contributed by atoms with E-state index in [9.17, 15) is 40.9 Å². The number of allylic oxidation sites excluding steroid dienone is 7. The molecule has 2 aliphatic carbocycles. The summed E-state index contributed by atoms with van der Waals surface area (Å²) in [6.45, 7) is 51.1. The minimum atomic E-state index is -0.833. The summed E-state index contributed by atoms with van der Waals surface area (Å²) in [4.78, 5) is 34.5. The van der Waals surface area contributed by atoms with Crippen LogP contribution in [0.4, 0.5) is 0 Å². The lowest BCUT2D eigenvalue weighted by molar-refractivity contribution is -0.135. The number of phenolic OH excluding ortho intramolecular Hbond substituents is 8. The van der Waals surface area contributed by atoms with E-state index in [1.54, 1.807) is 36.4 Å². The number of hydrogen-bond acceptors (Lipinski definition) is 15. The lowest BCUT2D eigenvalue weighted by atomic mass is 9.68. The van der Waals surface area contributed by atoms with Crippen LogP contribution < -0.4 is 9.47 Å². The first-order valence-electron chi connectivity index (χ1n) is 49.0. The van der Waals surface area contributed by atoms with Crippen molar-refractivity contribution in [1.29, 1.82) is 0 Å². The summed E-state index contributed by atoms with van der Waals surface area (Å²) >= 11 is 3.98. The van der Waals surface area contributed by atoms with Crippen LogP contribution in [-0.2, 0) is 51.3 Å². The van der Waals surface area contributed by atoms with Crippen LogP contribution in [0.2, 0.25) is 13.6 Å². The molecule has 8 aromatic carbocycles. The van der Waals surface area contributed by atoms with Gasteiger partial charge in [-0.1, -0.05) is 262 Å². The van der Waals surface area contributed by atoms with Crippen LogP contribution in [0.5, 0.6) is 57.5 Å². The Morgan fingerprint density at radius 2 is 0.625 bits per heavy atom. The number of aliphatic hydroxyl groups excluding tert-OH is 2. The molecule has 2 aliphatic heterocycles. The highest BCUT2D eigenvalue weighted by Crippen LogP contribution is 2.56. The highest BCUT2D eigenvalue weighted by Gasteiger charge is 2.47. The molecule has 736 valence electrons. The van der Waals surface area contributed by atoms with Crippen molar-refractivity contribution in [2.24, 2.45) is 11.8 Å². The van der Waals surface area contributed by atoms with Gasteiger partial charge in [-0.25, -0.2) is 0 Å². The molecular weight excluding hydrogens is 1720 g/mol. The zero-order chi connectivity index (χ0) is 106. The van der Waals surface area contributed by atoms with E-state index in [4.69, 9.17) is 53.2 Å². The summed E-state index contributed by atoms with van der Waals surface area (Å²) in [5.74, 6) is 3.20. The summed E-state index contributed by atoms with van der Waals surface area (Å²) in [7, 11) is 13.5. The molecule has 136 heavy (non-hydrogen) atoms. The topological polar surface area (TPSA) is 330 Å². The summed E-state index contributed by atoms with van der Waals surface area (Å²) in [5, 5.41) is 112. The number of hydrogen-bond donors (Lipinski definition) is 12. The Bertz CT molecular complexity index is 4790. The summed E-state index contributed by atoms with van der Waals surface area (Å²) < 4.78 is 30.8. The molecule has 8 aromatic rings. The summed E-state index contributed by atoms with van der Waals surface area (Å²) in [6, 6.07) is 36.8. The van der Waals surface area contributed by atoms with Crippen molar-refractivity contribution < 1.29 is 94.0 Å². The quantitative estimate of drug-likeness (QED) is 0.00788. The van der Waals surface area contributed by atoms with Crippen LogP contribution >= 0.6 is 12.2 Å². The minimum absolute atomic E-state index is 0. The van der Waals surface area contributed by atoms with E-state index in [1.807, 2.05) is 108 Å². The van der Waals surface area contributed by atoms with Crippen molar-refractivity contribution in [3.05, 3.63) is 231 Å². The molecule has 0 unspecified atom stereocenters. The normalized spacial score (nSPS) is 14.9. The van der Waals surface area contributed by atoms with Gasteiger partial charge >= 0.3 is 0 Å². The molecule has 2 heterocycles. The van der Waals surface area contributed by atoms with Gasteiger partial charge in [0.1, 0.15) is 76.5 Å². The molecule has 18 nitrogen and oxygen atoms in total. The van der Waals surface area contributed by atoms with Gasteiger partial charge in [0.25, 0.3) is 11.9 Å². The van der Waals surface area contributed by atoms with Crippen LogP contribution in [-0.4, -0.2) is 126 Å². The molecule has 0 amide bonds. The van der Waals surface area contributed by atoms with Gasteiger partial charge in [-0.15, -0.1) is 12.2 Å². The van der Waals surface area contributed by atoms with Crippen molar-refractivity contribution in [2.75, 3.05) is 0 Å². The van der Waals surface area contributed by atoms with Gasteiger partial charge in [0.2, 0.25) is 0 Å². The predicted molar refractivity (Wildman–Crippen MR) is 570 cm³/mol. The molecule has 0 saturated heterocycles. The highest BCUT2D eigenvalue weighted by atomic mass is 32.1. The number of carboxylic acid groups (broad SMARTS) is 2. The Hall–Kier alpha value is -11.4. The smallest absolute Gasteiger partial charge is 0.300 e. The first kappa shape index (κ1) is 117. The number of unbranched alkanes of at least 4 members (excludes halogenated alkanes) is 10. The van der Waals surface area contributed by atoms with E-state index >= 15 is 0 Å². The van der Waals surface area contributed by atoms with E-state index in [1.165, 1.54) is 60.8 Å². The Morgan fingerprint density at radius 1 is 0.426 bits per heavy atom. The minimum Gasteiger partial charge on any atom is -0.665 e. The average molecular weight is 1880 g/mol. The van der Waals surface area contributed by atoms with Crippen LogP contribution in [0.3, 0.4) is 0 Å². The molecule has 22 heteroatoms. The predicted octanol–water partition coefficient (Wildman–Crippen LogP) is 28.9. The third-order valence-corrected chi connectivity index (χ3v) is 23.6. The van der Waals surface area contributed by atoms with Crippen LogP contribution in [0, 0.1) is 32.6 Å². The maximum Gasteiger partial charge on any atom is 0.300 e. The first-order chi connectivity index (χ1) is 65.5. The molecule has 12 rings (SSSR count). The van der Waals surface area contributed by atoms with Crippen LogP contribution in [0.15, 0.2) is 158 Å². The van der Waals surface area contributed by atoms with Gasteiger partial charge in [0, 0.05) is 51.4 Å². The first-order valence-corrected chi connectivity index (χ1v) is 47.5. The van der Waals surface area contributed by atoms with Crippen molar-refractivity contribution in [1.82, 2.24) is 0 Å². The molecule has 0 bridgehead atoms. The van der Waals surface area contributed by atoms with Crippen LogP contribution in [0.1, 0.15) is 321 Å². The third kappa shape index (κ3) is 40.1. The van der Waals surface area contributed by atoms with Crippen LogP contribution in [0.25, 0.3) is 50.1 Å². The number of carbonyl (C=O) groups is 2. The Balaban J connectivity index is 0.000000818. The molecule has 12 N–H and O–H groups in total. The van der Waals surface area contributed by atoms with Gasteiger partial charge in [0.05, 0.1) is 33.8 Å². The second kappa shape index (κ2) is 63.9. The third-order valence-electron chi connectivity index (χ3n) is 23.6. The number of ether oxygens (including phenoxy) is 2. The molecule has 0 spiro atoms. The fraction of sp³-hybridized carbons (Fsp3) is 0.447. The Kier molecular flexibility index (Phi) is 54.9. The van der Waals surface area contributed by atoms with E-state index < -0.39 is 11.9 Å². The number of thiocarbonyl (C=S) groups is 1. The SMILES string of the molecule is C=C(C)c1ccc(C)cc1-c1c(O)cc(CCCCC)cc1O.C=C(C)c1ccc(C)cc1-c1c(O)cc(CCCCC)cc1O.C=C(C)c1ccc(C)cc1-c1c(O)cc(CCCCC)cc1O.CC(=O)O.CC(=O)O.CCCCCc1cc(O)c2c(c1)OC(C)(C)[C@@H]1CCC(C)=C[C@@H]21.CCCCCc1cc(O)c2c(c1)OC(C)(C)[C@@H]1CCC(C)=C[C@@H]21.O=[C-]O.O=[C-]O.[2H]C([B])=S.[2H]C[B].[2H]C[B]. The zero-order valence-electron chi connectivity index (χ0n) is 87.4. The fourth-order valence-electron chi connectivity index (χ4n) is 17.3. The molecular formula is C114H155B3O18S-2. The molecule has 4 aliphatic rings. The van der Waals surface area contributed by atoms with Crippen molar-refractivity contribution in [3.8, 4) is 90.9 Å². The number of aryl methyl sites for hydroxylation is 8. The lowest BCUT2D eigenvalue weighted by Crippen LogP contribution is -2.45. The number of aliphatic carboxylic acids is 2. The number of carboxylic acids is 2. The fourth-order valence-corrected chi connectivity index (χ4v) is 17.3. The average Bonchev–Trinajstić information content (AvgIpc) is 0.747. The number of fused-ring (bicyclic) bond motifs is 6. The molecule has 4 atom stereocenters. The van der Waals surface area contributed by atoms with Crippen molar-refractivity contribution >= 4 is 82.6 Å². The van der Waals surface area contributed by atoms with Crippen molar-refractivity contribution in [2.45, 2.75) is 322 Å². The Morgan fingerprint density at radius 3 is 0.824 bits per heavy atom. The molecule has 6 radical (unpaired) electrons. The van der Waals surface area contributed by atoms with Gasteiger partial charge in [-0.3, -0.25) is 9.59 Å². The Labute approximate surface area is 827 Å². The number of rotatable bonds is 26. The zero-order valence-corrected chi connectivity index (χ0v) is 85.2.